The molecule has 0 saturated carbocycles. The van der Waals surface area contributed by atoms with Crippen molar-refractivity contribution >= 4 is 0 Å². The zero-order valence-electron chi connectivity index (χ0n) is 9.37. The lowest BCUT2D eigenvalue weighted by Gasteiger charge is -2.17. The highest BCUT2D eigenvalue weighted by Crippen LogP contribution is 2.08. The molecular formula is C11H20N4. The maximum absolute atomic E-state index is 3.95. The lowest BCUT2D eigenvalue weighted by molar-refractivity contribution is 0.329. The molecule has 1 aromatic rings. The van der Waals surface area contributed by atoms with E-state index in [2.05, 4.69) is 27.3 Å². The summed E-state index contributed by atoms with van der Waals surface area (Å²) in [4.78, 5) is 2.52. The van der Waals surface area contributed by atoms with Gasteiger partial charge in [0.25, 0.3) is 0 Å². The Hall–Kier alpha value is -0.870. The van der Waals surface area contributed by atoms with E-state index in [0.29, 0.717) is 6.04 Å². The molecule has 0 amide bonds. The first-order valence-corrected chi connectivity index (χ1v) is 5.81. The summed E-state index contributed by atoms with van der Waals surface area (Å²) in [5.41, 5.74) is 1.16. The van der Waals surface area contributed by atoms with Gasteiger partial charge in [0.15, 0.2) is 0 Å². The maximum atomic E-state index is 3.95. The number of hydrogen-bond acceptors (Lipinski definition) is 3. The summed E-state index contributed by atoms with van der Waals surface area (Å²) in [7, 11) is 0. The molecule has 2 rings (SSSR count). The van der Waals surface area contributed by atoms with E-state index in [1.165, 1.54) is 32.5 Å². The van der Waals surface area contributed by atoms with Crippen LogP contribution in [0.25, 0.3) is 0 Å². The lowest BCUT2D eigenvalue weighted by Crippen LogP contribution is -2.31. The molecule has 1 atom stereocenters. The van der Waals surface area contributed by atoms with E-state index in [4.69, 9.17) is 0 Å². The number of aromatic amines is 1. The third kappa shape index (κ3) is 3.04. The van der Waals surface area contributed by atoms with Gasteiger partial charge in [0.1, 0.15) is 0 Å². The predicted molar refractivity (Wildman–Crippen MR) is 60.7 cm³/mol. The minimum Gasteiger partial charge on any atom is -0.308 e. The van der Waals surface area contributed by atoms with E-state index in [-0.39, 0.29) is 0 Å². The van der Waals surface area contributed by atoms with Crippen LogP contribution in [0, 0.1) is 0 Å². The summed E-state index contributed by atoms with van der Waals surface area (Å²) in [5.74, 6) is 0. The van der Waals surface area contributed by atoms with Gasteiger partial charge in [-0.3, -0.25) is 5.10 Å². The first-order valence-electron chi connectivity index (χ1n) is 5.81. The summed E-state index contributed by atoms with van der Waals surface area (Å²) < 4.78 is 0. The van der Waals surface area contributed by atoms with Crippen molar-refractivity contribution < 1.29 is 0 Å². The summed E-state index contributed by atoms with van der Waals surface area (Å²) >= 11 is 0. The topological polar surface area (TPSA) is 44.0 Å². The number of likely N-dealkylation sites (tertiary alicyclic amines) is 1. The highest BCUT2D eigenvalue weighted by molar-refractivity contribution is 5.02. The predicted octanol–water partition coefficient (Wildman–Crippen LogP) is 1.16. The fraction of sp³-hybridized carbons (Fsp3) is 0.727. The van der Waals surface area contributed by atoms with E-state index in [1.54, 1.807) is 6.20 Å². The lowest BCUT2D eigenvalue weighted by atomic mass is 10.2. The van der Waals surface area contributed by atoms with Crippen LogP contribution in [-0.4, -0.2) is 41.3 Å². The molecular weight excluding hydrogens is 188 g/mol. The number of aromatic nitrogens is 2. The Balaban J connectivity index is 1.65. The first-order chi connectivity index (χ1) is 7.36. The van der Waals surface area contributed by atoms with Gasteiger partial charge in [0, 0.05) is 25.3 Å². The van der Waals surface area contributed by atoms with Crippen molar-refractivity contribution in [2.75, 3.05) is 26.2 Å². The molecule has 0 aliphatic carbocycles. The second kappa shape index (κ2) is 5.28. The molecule has 1 aliphatic rings. The van der Waals surface area contributed by atoms with Gasteiger partial charge in [0.05, 0.1) is 5.69 Å². The third-order valence-corrected chi connectivity index (χ3v) is 3.07. The molecule has 0 spiro atoms. The molecule has 1 aromatic heterocycles. The number of hydrogen-bond donors (Lipinski definition) is 2. The zero-order chi connectivity index (χ0) is 10.5. The van der Waals surface area contributed by atoms with Crippen molar-refractivity contribution in [3.63, 3.8) is 0 Å². The summed E-state index contributed by atoms with van der Waals surface area (Å²) in [6.45, 7) is 6.94. The van der Waals surface area contributed by atoms with Gasteiger partial charge < -0.3 is 10.2 Å². The Labute approximate surface area is 91.1 Å². The van der Waals surface area contributed by atoms with Gasteiger partial charge in [-0.2, -0.15) is 5.10 Å². The SMILES string of the molecule is CC(NCCN1CCCC1)c1ccn[nH]1. The second-order valence-electron chi connectivity index (χ2n) is 4.24. The van der Waals surface area contributed by atoms with E-state index in [0.717, 1.165) is 12.2 Å². The second-order valence-corrected chi connectivity index (χ2v) is 4.24. The third-order valence-electron chi connectivity index (χ3n) is 3.07. The van der Waals surface area contributed by atoms with Gasteiger partial charge in [0.2, 0.25) is 0 Å². The van der Waals surface area contributed by atoms with Crippen LogP contribution in [0.5, 0.6) is 0 Å². The van der Waals surface area contributed by atoms with Crippen molar-refractivity contribution in [2.24, 2.45) is 0 Å². The summed E-state index contributed by atoms with van der Waals surface area (Å²) in [6, 6.07) is 2.39. The van der Waals surface area contributed by atoms with Crippen molar-refractivity contribution in [1.82, 2.24) is 20.4 Å². The van der Waals surface area contributed by atoms with Gasteiger partial charge in [-0.15, -0.1) is 0 Å². The molecule has 2 heterocycles. The van der Waals surface area contributed by atoms with Crippen LogP contribution in [-0.2, 0) is 0 Å². The largest absolute Gasteiger partial charge is 0.308 e. The Morgan fingerprint density at radius 2 is 2.33 bits per heavy atom. The van der Waals surface area contributed by atoms with Gasteiger partial charge in [-0.05, 0) is 38.9 Å². The number of rotatable bonds is 5. The molecule has 4 nitrogen and oxygen atoms in total. The number of H-pyrrole nitrogens is 1. The molecule has 0 bridgehead atoms. The number of nitrogens with zero attached hydrogens (tertiary/aromatic N) is 2. The standard InChI is InChI=1S/C11H20N4/c1-10(11-4-5-13-14-11)12-6-9-15-7-2-3-8-15/h4-5,10,12H,2-3,6-9H2,1H3,(H,13,14). The van der Waals surface area contributed by atoms with E-state index in [1.807, 2.05) is 6.07 Å². The normalized spacial score (nSPS) is 19.5. The smallest absolute Gasteiger partial charge is 0.0518 e. The molecule has 1 fully saturated rings. The fourth-order valence-electron chi connectivity index (χ4n) is 2.06. The van der Waals surface area contributed by atoms with Crippen LogP contribution >= 0.6 is 0 Å². The van der Waals surface area contributed by atoms with Crippen LogP contribution in [0.1, 0.15) is 31.5 Å². The fourth-order valence-corrected chi connectivity index (χ4v) is 2.06. The first kappa shape index (κ1) is 10.6. The van der Waals surface area contributed by atoms with Crippen LogP contribution < -0.4 is 5.32 Å². The molecule has 1 unspecified atom stereocenters. The van der Waals surface area contributed by atoms with Crippen molar-refractivity contribution in [1.29, 1.82) is 0 Å². The Kier molecular flexibility index (Phi) is 3.75. The molecule has 1 aliphatic heterocycles. The monoisotopic (exact) mass is 208 g/mol. The molecule has 84 valence electrons. The van der Waals surface area contributed by atoms with Crippen LogP contribution in [0.2, 0.25) is 0 Å². The van der Waals surface area contributed by atoms with Crippen LogP contribution in [0.3, 0.4) is 0 Å². The molecule has 4 heteroatoms. The number of nitrogens with one attached hydrogen (secondary N) is 2. The van der Waals surface area contributed by atoms with E-state index < -0.39 is 0 Å². The minimum atomic E-state index is 0.370. The molecule has 2 N–H and O–H groups in total. The van der Waals surface area contributed by atoms with Crippen molar-refractivity contribution in [3.05, 3.63) is 18.0 Å². The Morgan fingerprint density at radius 1 is 1.53 bits per heavy atom. The Bertz CT molecular complexity index is 264. The minimum absolute atomic E-state index is 0.370. The zero-order valence-corrected chi connectivity index (χ0v) is 9.37. The highest BCUT2D eigenvalue weighted by atomic mass is 15.2. The summed E-state index contributed by atoms with van der Waals surface area (Å²) in [5, 5.41) is 10.4. The van der Waals surface area contributed by atoms with Crippen LogP contribution in [0.15, 0.2) is 12.3 Å². The molecule has 0 aromatic carbocycles. The maximum Gasteiger partial charge on any atom is 0.0518 e. The van der Waals surface area contributed by atoms with Crippen molar-refractivity contribution in [3.8, 4) is 0 Å². The Morgan fingerprint density at radius 3 is 3.00 bits per heavy atom. The van der Waals surface area contributed by atoms with Crippen molar-refractivity contribution in [2.45, 2.75) is 25.8 Å². The molecule has 1 saturated heterocycles. The highest BCUT2D eigenvalue weighted by Gasteiger charge is 2.11. The quantitative estimate of drug-likeness (QED) is 0.763. The van der Waals surface area contributed by atoms with Crippen LogP contribution in [0.4, 0.5) is 0 Å². The average molecular weight is 208 g/mol. The molecule has 15 heavy (non-hydrogen) atoms. The average Bonchev–Trinajstić information content (AvgIpc) is 2.90. The van der Waals surface area contributed by atoms with Gasteiger partial charge in [-0.25, -0.2) is 0 Å². The molecule has 0 radical (unpaired) electrons. The summed E-state index contributed by atoms with van der Waals surface area (Å²) in [6.07, 6.45) is 4.54. The van der Waals surface area contributed by atoms with E-state index >= 15 is 0 Å². The van der Waals surface area contributed by atoms with E-state index in [9.17, 15) is 0 Å². The van der Waals surface area contributed by atoms with Gasteiger partial charge >= 0.3 is 0 Å². The van der Waals surface area contributed by atoms with Gasteiger partial charge in [-0.1, -0.05) is 0 Å².